The van der Waals surface area contributed by atoms with E-state index in [2.05, 4.69) is 22.5 Å². The molecule has 0 aliphatic carbocycles. The zero-order valence-corrected chi connectivity index (χ0v) is 12.9. The van der Waals surface area contributed by atoms with Crippen LogP contribution in [-0.4, -0.2) is 13.0 Å². The smallest absolute Gasteiger partial charge is 0.253 e. The Balaban J connectivity index is 2.11. The number of hydrogen-bond acceptors (Lipinski definition) is 1. The third-order valence-corrected chi connectivity index (χ3v) is 3.75. The maximum absolute atomic E-state index is 12.4. The molecule has 2 aromatic carbocycles. The molecule has 0 aliphatic heterocycles. The number of carbonyl (C=O) groups is 1. The van der Waals surface area contributed by atoms with Crippen molar-refractivity contribution in [1.82, 2.24) is 0 Å². The first-order valence-corrected chi connectivity index (χ1v) is 7.13. The summed E-state index contributed by atoms with van der Waals surface area (Å²) in [6.45, 7) is 3.92. The summed E-state index contributed by atoms with van der Waals surface area (Å²) >= 11 is 3.46. The lowest BCUT2D eigenvalue weighted by atomic mass is 10.1. The molecule has 2 nitrogen and oxygen atoms in total. The number of nitrogens with zero attached hydrogens (tertiary/aromatic N) is 1. The van der Waals surface area contributed by atoms with Crippen molar-refractivity contribution in [2.24, 2.45) is 0 Å². The molecule has 0 N–H and O–H groups in total. The highest BCUT2D eigenvalue weighted by Crippen LogP contribution is 2.25. The van der Waals surface area contributed by atoms with Crippen molar-refractivity contribution in [2.45, 2.75) is 6.42 Å². The molecule has 0 bridgehead atoms. The van der Waals surface area contributed by atoms with Crippen molar-refractivity contribution in [3.8, 4) is 0 Å². The summed E-state index contributed by atoms with van der Waals surface area (Å²) in [6, 6.07) is 17.5. The van der Waals surface area contributed by atoms with Crippen LogP contribution in [0.2, 0.25) is 0 Å². The molecule has 0 saturated heterocycles. The summed E-state index contributed by atoms with van der Waals surface area (Å²) in [5.41, 5.74) is 2.51. The minimum absolute atomic E-state index is 0.0687. The van der Waals surface area contributed by atoms with E-state index in [-0.39, 0.29) is 5.91 Å². The van der Waals surface area contributed by atoms with E-state index in [1.165, 1.54) is 0 Å². The molecule has 2 rings (SSSR count). The molecule has 0 unspecified atom stereocenters. The van der Waals surface area contributed by atoms with Crippen molar-refractivity contribution in [2.75, 3.05) is 11.9 Å². The molecule has 0 spiro atoms. The van der Waals surface area contributed by atoms with Gasteiger partial charge in [-0.1, -0.05) is 49.0 Å². The van der Waals surface area contributed by atoms with Gasteiger partial charge < -0.3 is 4.90 Å². The number of hydrogen-bond donors (Lipinski definition) is 0. The molecule has 0 saturated carbocycles. The van der Waals surface area contributed by atoms with Crippen molar-refractivity contribution in [1.29, 1.82) is 0 Å². The predicted molar refractivity (Wildman–Crippen MR) is 86.8 cm³/mol. The fourth-order valence-electron chi connectivity index (χ4n) is 1.99. The third kappa shape index (κ3) is 3.36. The summed E-state index contributed by atoms with van der Waals surface area (Å²) in [5, 5.41) is 0. The summed E-state index contributed by atoms with van der Waals surface area (Å²) in [4.78, 5) is 14.0. The van der Waals surface area contributed by atoms with E-state index in [9.17, 15) is 4.79 Å². The highest BCUT2D eigenvalue weighted by molar-refractivity contribution is 9.10. The predicted octanol–water partition coefficient (Wildman–Crippen LogP) is 4.21. The number of rotatable bonds is 4. The molecular formula is C17H16BrNO. The molecule has 0 aliphatic rings. The number of para-hydroxylation sites is 1. The first kappa shape index (κ1) is 14.5. The molecular weight excluding hydrogens is 314 g/mol. The van der Waals surface area contributed by atoms with E-state index < -0.39 is 0 Å². The number of halogens is 1. The van der Waals surface area contributed by atoms with Gasteiger partial charge in [0, 0.05) is 23.5 Å². The molecule has 0 aromatic heterocycles. The standard InChI is InChI=1S/C17H16BrNO/c1-13(12-14-8-4-3-5-9-14)17(20)19(2)16-11-7-6-10-15(16)18/h3-11H,1,12H2,2H3. The summed E-state index contributed by atoms with van der Waals surface area (Å²) in [7, 11) is 1.76. The van der Waals surface area contributed by atoms with Gasteiger partial charge >= 0.3 is 0 Å². The monoisotopic (exact) mass is 329 g/mol. The van der Waals surface area contributed by atoms with Gasteiger partial charge in [0.15, 0.2) is 0 Å². The maximum Gasteiger partial charge on any atom is 0.253 e. The molecule has 0 heterocycles. The van der Waals surface area contributed by atoms with Crippen molar-refractivity contribution in [3.63, 3.8) is 0 Å². The Kier molecular flexibility index (Phi) is 4.74. The fraction of sp³-hybridized carbons (Fsp3) is 0.118. The van der Waals surface area contributed by atoms with E-state index in [1.54, 1.807) is 11.9 Å². The summed E-state index contributed by atoms with van der Waals surface area (Å²) < 4.78 is 0.892. The molecule has 2 aromatic rings. The molecule has 3 heteroatoms. The van der Waals surface area contributed by atoms with Crippen LogP contribution in [0.4, 0.5) is 5.69 Å². The van der Waals surface area contributed by atoms with Crippen molar-refractivity contribution < 1.29 is 4.79 Å². The van der Waals surface area contributed by atoms with Crippen LogP contribution in [-0.2, 0) is 11.2 Å². The zero-order chi connectivity index (χ0) is 14.5. The molecule has 102 valence electrons. The largest absolute Gasteiger partial charge is 0.311 e. The summed E-state index contributed by atoms with van der Waals surface area (Å²) in [5.74, 6) is -0.0687. The number of anilines is 1. The maximum atomic E-state index is 12.4. The van der Waals surface area contributed by atoms with Crippen molar-refractivity contribution >= 4 is 27.5 Å². The lowest BCUT2D eigenvalue weighted by Gasteiger charge is -2.20. The van der Waals surface area contributed by atoms with Gasteiger partial charge in [0.1, 0.15) is 0 Å². The van der Waals surface area contributed by atoms with E-state index in [1.807, 2.05) is 54.6 Å². The second-order valence-electron chi connectivity index (χ2n) is 4.58. The SMILES string of the molecule is C=C(Cc1ccccc1)C(=O)N(C)c1ccccc1Br. The Morgan fingerprint density at radius 2 is 1.70 bits per heavy atom. The molecule has 0 radical (unpaired) electrons. The van der Waals surface area contributed by atoms with Gasteiger partial charge in [0.2, 0.25) is 0 Å². The number of carbonyl (C=O) groups excluding carboxylic acids is 1. The zero-order valence-electron chi connectivity index (χ0n) is 11.3. The highest BCUT2D eigenvalue weighted by atomic mass is 79.9. The van der Waals surface area contributed by atoms with Crippen LogP contribution in [0, 0.1) is 0 Å². The van der Waals surface area contributed by atoms with E-state index >= 15 is 0 Å². The van der Waals surface area contributed by atoms with Crippen LogP contribution in [0.15, 0.2) is 71.2 Å². The number of likely N-dealkylation sites (N-methyl/N-ethyl adjacent to an activating group) is 1. The van der Waals surface area contributed by atoms with Gasteiger partial charge in [-0.15, -0.1) is 0 Å². The van der Waals surface area contributed by atoms with Gasteiger partial charge in [0.25, 0.3) is 5.91 Å². The van der Waals surface area contributed by atoms with Gasteiger partial charge in [-0.3, -0.25) is 4.79 Å². The minimum atomic E-state index is -0.0687. The van der Waals surface area contributed by atoms with Crippen LogP contribution >= 0.6 is 15.9 Å². The third-order valence-electron chi connectivity index (χ3n) is 3.08. The first-order chi connectivity index (χ1) is 9.59. The van der Waals surface area contributed by atoms with Gasteiger partial charge in [-0.2, -0.15) is 0 Å². The van der Waals surface area contributed by atoms with Gasteiger partial charge in [0.05, 0.1) is 5.69 Å². The van der Waals surface area contributed by atoms with Gasteiger partial charge in [-0.05, 0) is 33.6 Å². The quantitative estimate of drug-likeness (QED) is 0.769. The second kappa shape index (κ2) is 6.53. The van der Waals surface area contributed by atoms with E-state index in [4.69, 9.17) is 0 Å². The Labute approximate surface area is 127 Å². The normalized spacial score (nSPS) is 10.1. The lowest BCUT2D eigenvalue weighted by molar-refractivity contribution is -0.114. The van der Waals surface area contributed by atoms with E-state index in [0.717, 1.165) is 15.7 Å². The Morgan fingerprint density at radius 3 is 2.35 bits per heavy atom. The van der Waals surface area contributed by atoms with Crippen LogP contribution in [0.1, 0.15) is 5.56 Å². The van der Waals surface area contributed by atoms with Crippen LogP contribution in [0.3, 0.4) is 0 Å². The minimum Gasteiger partial charge on any atom is -0.311 e. The highest BCUT2D eigenvalue weighted by Gasteiger charge is 2.16. The summed E-state index contributed by atoms with van der Waals surface area (Å²) in [6.07, 6.45) is 0.564. The van der Waals surface area contributed by atoms with Gasteiger partial charge in [-0.25, -0.2) is 0 Å². The van der Waals surface area contributed by atoms with Crippen molar-refractivity contribution in [3.05, 3.63) is 76.8 Å². The van der Waals surface area contributed by atoms with Crippen LogP contribution < -0.4 is 4.90 Å². The second-order valence-corrected chi connectivity index (χ2v) is 5.44. The average molecular weight is 330 g/mol. The Hall–Kier alpha value is -1.87. The van der Waals surface area contributed by atoms with Crippen LogP contribution in [0.5, 0.6) is 0 Å². The molecule has 20 heavy (non-hydrogen) atoms. The average Bonchev–Trinajstić information content (AvgIpc) is 2.47. The van der Waals surface area contributed by atoms with Crippen LogP contribution in [0.25, 0.3) is 0 Å². The molecule has 1 amide bonds. The topological polar surface area (TPSA) is 20.3 Å². The Morgan fingerprint density at radius 1 is 1.10 bits per heavy atom. The molecule has 0 fully saturated rings. The molecule has 0 atom stereocenters. The van der Waals surface area contributed by atoms with E-state index in [0.29, 0.717) is 12.0 Å². The number of amides is 1. The fourth-order valence-corrected chi connectivity index (χ4v) is 2.54. The first-order valence-electron chi connectivity index (χ1n) is 6.34. The Bertz CT molecular complexity index is 622. The lowest BCUT2D eigenvalue weighted by Crippen LogP contribution is -2.28. The number of benzene rings is 2.